The maximum absolute atomic E-state index is 13.6. The van der Waals surface area contributed by atoms with E-state index in [0.29, 0.717) is 41.5 Å². The van der Waals surface area contributed by atoms with Crippen molar-refractivity contribution in [1.29, 1.82) is 0 Å². The van der Waals surface area contributed by atoms with E-state index in [2.05, 4.69) is 15.4 Å². The molecular formula is C30H38N4O4S. The van der Waals surface area contributed by atoms with Gasteiger partial charge in [0.25, 0.3) is 5.91 Å². The zero-order chi connectivity index (χ0) is 26.9. The number of hydrogen-bond donors (Lipinski definition) is 3. The molecule has 0 saturated carbocycles. The number of aryl methyl sites for hydroxylation is 1. The monoisotopic (exact) mass is 550 g/mol. The fraction of sp³-hybridized carbons (Fsp3) is 0.400. The second-order valence-corrected chi connectivity index (χ2v) is 12.0. The van der Waals surface area contributed by atoms with Crippen LogP contribution in [0.2, 0.25) is 0 Å². The predicted molar refractivity (Wildman–Crippen MR) is 155 cm³/mol. The van der Waals surface area contributed by atoms with Crippen molar-refractivity contribution in [2.24, 2.45) is 5.92 Å². The topological polar surface area (TPSA) is 108 Å². The number of carbonyl (C=O) groups is 2. The molecule has 39 heavy (non-hydrogen) atoms. The zero-order valence-electron chi connectivity index (χ0n) is 21.7. The first-order valence-electron chi connectivity index (χ1n) is 13.2. The van der Waals surface area contributed by atoms with E-state index in [1.807, 2.05) is 43.0 Å². The fourth-order valence-corrected chi connectivity index (χ4v) is 7.14. The molecule has 3 aromatic carbocycles. The standard InChI is InChI=1S/C29H34N4O4S.CH4/c1-19-8-3-4-9-21(19)28(34)31-25-12-5-11-23-22(25)10-6-14-27(23)38(36,37)32-24-15-17-33(18-20(24)2)29(35)26-13-7-16-30-26;/h3-6,8-12,14,20,24,26,30,32H,7,13,15-18H2,1-2H3,(H,31,34);1H4/t20-,24+,26-;/m0./s1. The second-order valence-electron chi connectivity index (χ2n) is 10.4. The van der Waals surface area contributed by atoms with Crippen molar-refractivity contribution in [3.8, 4) is 0 Å². The van der Waals surface area contributed by atoms with E-state index in [9.17, 15) is 18.0 Å². The average Bonchev–Trinajstić information content (AvgIpc) is 3.44. The average molecular weight is 551 g/mol. The molecule has 3 atom stereocenters. The molecule has 2 aliphatic rings. The quantitative estimate of drug-likeness (QED) is 0.424. The van der Waals surface area contributed by atoms with Crippen LogP contribution in [0.4, 0.5) is 5.69 Å². The molecule has 2 saturated heterocycles. The zero-order valence-corrected chi connectivity index (χ0v) is 22.6. The van der Waals surface area contributed by atoms with Crippen LogP contribution in [0.5, 0.6) is 0 Å². The number of piperidine rings is 1. The van der Waals surface area contributed by atoms with Gasteiger partial charge in [-0.05, 0) is 62.4 Å². The molecule has 2 aliphatic heterocycles. The van der Waals surface area contributed by atoms with Crippen LogP contribution < -0.4 is 15.4 Å². The van der Waals surface area contributed by atoms with Crippen LogP contribution in [0.3, 0.4) is 0 Å². The Morgan fingerprint density at radius 2 is 1.72 bits per heavy atom. The normalized spacial score (nSPS) is 21.4. The lowest BCUT2D eigenvalue weighted by atomic mass is 9.94. The molecule has 2 heterocycles. The van der Waals surface area contributed by atoms with Gasteiger partial charge >= 0.3 is 0 Å². The highest BCUT2D eigenvalue weighted by atomic mass is 32.2. The second kappa shape index (κ2) is 11.9. The van der Waals surface area contributed by atoms with Crippen LogP contribution in [0.15, 0.2) is 65.6 Å². The van der Waals surface area contributed by atoms with Gasteiger partial charge < -0.3 is 15.5 Å². The van der Waals surface area contributed by atoms with Crippen LogP contribution >= 0.6 is 0 Å². The number of likely N-dealkylation sites (tertiary alicyclic amines) is 1. The van der Waals surface area contributed by atoms with Crippen LogP contribution in [0, 0.1) is 12.8 Å². The summed E-state index contributed by atoms with van der Waals surface area (Å²) in [6.45, 7) is 5.77. The summed E-state index contributed by atoms with van der Waals surface area (Å²) in [5, 5.41) is 7.39. The van der Waals surface area contributed by atoms with Gasteiger partial charge in [-0.2, -0.15) is 0 Å². The first kappa shape index (κ1) is 28.7. The highest BCUT2D eigenvalue weighted by Crippen LogP contribution is 2.30. The van der Waals surface area contributed by atoms with Gasteiger partial charge in [0.05, 0.1) is 10.9 Å². The number of nitrogens with zero attached hydrogens (tertiary/aromatic N) is 1. The minimum absolute atomic E-state index is 0. The maximum atomic E-state index is 13.6. The summed E-state index contributed by atoms with van der Waals surface area (Å²) in [5.41, 5.74) is 1.98. The third-order valence-electron chi connectivity index (χ3n) is 7.69. The Hall–Kier alpha value is -3.27. The van der Waals surface area contributed by atoms with Gasteiger partial charge in [0.15, 0.2) is 0 Å². The molecule has 8 nitrogen and oxygen atoms in total. The van der Waals surface area contributed by atoms with E-state index in [4.69, 9.17) is 0 Å². The molecule has 0 aliphatic carbocycles. The van der Waals surface area contributed by atoms with E-state index in [1.165, 1.54) is 0 Å². The molecule has 208 valence electrons. The number of anilines is 1. The molecule has 2 fully saturated rings. The number of amides is 2. The first-order valence-corrected chi connectivity index (χ1v) is 14.7. The van der Waals surface area contributed by atoms with Crippen LogP contribution in [0.25, 0.3) is 10.8 Å². The van der Waals surface area contributed by atoms with Gasteiger partial charge in [-0.3, -0.25) is 9.59 Å². The van der Waals surface area contributed by atoms with E-state index >= 15 is 0 Å². The Balaban J connectivity index is 0.00000353. The van der Waals surface area contributed by atoms with E-state index in [0.717, 1.165) is 24.9 Å². The molecule has 0 radical (unpaired) electrons. The largest absolute Gasteiger partial charge is 0.341 e. The van der Waals surface area contributed by atoms with Crippen molar-refractivity contribution < 1.29 is 18.0 Å². The lowest BCUT2D eigenvalue weighted by molar-refractivity contribution is -0.135. The van der Waals surface area contributed by atoms with Crippen molar-refractivity contribution in [3.63, 3.8) is 0 Å². The van der Waals surface area contributed by atoms with Crippen molar-refractivity contribution >= 4 is 38.3 Å². The molecule has 0 unspecified atom stereocenters. The Morgan fingerprint density at radius 3 is 2.44 bits per heavy atom. The number of sulfonamides is 1. The summed E-state index contributed by atoms with van der Waals surface area (Å²) >= 11 is 0. The highest BCUT2D eigenvalue weighted by molar-refractivity contribution is 7.89. The van der Waals surface area contributed by atoms with E-state index < -0.39 is 10.0 Å². The molecule has 9 heteroatoms. The number of carbonyl (C=O) groups excluding carboxylic acids is 2. The molecule has 0 bridgehead atoms. The van der Waals surface area contributed by atoms with Crippen molar-refractivity contribution in [2.75, 3.05) is 25.0 Å². The molecule has 5 rings (SSSR count). The molecular weight excluding hydrogens is 512 g/mol. The molecule has 0 aromatic heterocycles. The van der Waals surface area contributed by atoms with Gasteiger partial charge in [0.2, 0.25) is 15.9 Å². The Bertz CT molecular complexity index is 1470. The van der Waals surface area contributed by atoms with Crippen LogP contribution in [-0.4, -0.2) is 56.9 Å². The van der Waals surface area contributed by atoms with Gasteiger partial charge in [-0.25, -0.2) is 13.1 Å². The third-order valence-corrected chi connectivity index (χ3v) is 9.24. The van der Waals surface area contributed by atoms with Crippen molar-refractivity contribution in [3.05, 3.63) is 71.8 Å². The minimum Gasteiger partial charge on any atom is -0.341 e. The summed E-state index contributed by atoms with van der Waals surface area (Å²) in [6, 6.07) is 17.3. The number of fused-ring (bicyclic) bond motifs is 1. The minimum atomic E-state index is -3.86. The Labute approximate surface area is 231 Å². The maximum Gasteiger partial charge on any atom is 0.255 e. The van der Waals surface area contributed by atoms with Crippen LogP contribution in [0.1, 0.15) is 49.5 Å². The number of benzene rings is 3. The SMILES string of the molecule is C.Cc1ccccc1C(=O)Nc1cccc2c(S(=O)(=O)N[C@@H]3CCN(C(=O)[C@@H]4CCCN4)C[C@@H]3C)cccc12. The smallest absolute Gasteiger partial charge is 0.255 e. The molecule has 2 amide bonds. The summed E-state index contributed by atoms with van der Waals surface area (Å²) < 4.78 is 30.1. The third kappa shape index (κ3) is 6.00. The van der Waals surface area contributed by atoms with E-state index in [-0.39, 0.29) is 42.1 Å². The lowest BCUT2D eigenvalue weighted by Gasteiger charge is -2.38. The Morgan fingerprint density at radius 1 is 0.974 bits per heavy atom. The van der Waals surface area contributed by atoms with Crippen LogP contribution in [-0.2, 0) is 14.8 Å². The summed E-state index contributed by atoms with van der Waals surface area (Å²) in [5.74, 6) is -0.155. The van der Waals surface area contributed by atoms with Gasteiger partial charge in [-0.1, -0.05) is 56.8 Å². The molecule has 3 N–H and O–H groups in total. The number of nitrogens with one attached hydrogen (secondary N) is 3. The molecule has 3 aromatic rings. The lowest BCUT2D eigenvalue weighted by Crippen LogP contribution is -2.54. The Kier molecular flexibility index (Phi) is 8.73. The molecule has 0 spiro atoms. The summed E-state index contributed by atoms with van der Waals surface area (Å²) in [4.78, 5) is 27.8. The van der Waals surface area contributed by atoms with Crippen molar-refractivity contribution in [2.45, 2.75) is 57.5 Å². The van der Waals surface area contributed by atoms with Gasteiger partial charge in [0.1, 0.15) is 0 Å². The highest BCUT2D eigenvalue weighted by Gasteiger charge is 2.35. The fourth-order valence-electron chi connectivity index (χ4n) is 5.54. The number of hydrogen-bond acceptors (Lipinski definition) is 5. The summed E-state index contributed by atoms with van der Waals surface area (Å²) in [7, 11) is -3.86. The summed E-state index contributed by atoms with van der Waals surface area (Å²) in [6.07, 6.45) is 2.42. The van der Waals surface area contributed by atoms with Crippen molar-refractivity contribution in [1.82, 2.24) is 14.9 Å². The first-order chi connectivity index (χ1) is 18.2. The van der Waals surface area contributed by atoms with Gasteiger partial charge in [0, 0.05) is 41.2 Å². The predicted octanol–water partition coefficient (Wildman–Crippen LogP) is 4.30. The number of rotatable bonds is 6. The van der Waals surface area contributed by atoms with Gasteiger partial charge in [-0.15, -0.1) is 0 Å². The van der Waals surface area contributed by atoms with E-state index in [1.54, 1.807) is 36.4 Å².